The SMILES string of the molecule is COc1c[nH]c(C(=O)N[C@H](c2ccccc2)c2nccn2C)cc1=O. The van der Waals surface area contributed by atoms with E-state index in [-0.39, 0.29) is 16.9 Å². The van der Waals surface area contributed by atoms with Crippen LogP contribution in [0.5, 0.6) is 5.75 Å². The van der Waals surface area contributed by atoms with Crippen molar-refractivity contribution < 1.29 is 9.53 Å². The first-order valence-electron chi connectivity index (χ1n) is 7.70. The van der Waals surface area contributed by atoms with Gasteiger partial charge in [-0.2, -0.15) is 0 Å². The lowest BCUT2D eigenvalue weighted by Gasteiger charge is -2.19. The molecule has 0 spiro atoms. The molecule has 7 heteroatoms. The maximum absolute atomic E-state index is 12.6. The highest BCUT2D eigenvalue weighted by Crippen LogP contribution is 2.20. The van der Waals surface area contributed by atoms with Crippen molar-refractivity contribution in [2.75, 3.05) is 7.11 Å². The number of aromatic nitrogens is 3. The molecule has 0 aliphatic rings. The van der Waals surface area contributed by atoms with E-state index in [0.717, 1.165) is 5.56 Å². The Bertz CT molecular complexity index is 931. The van der Waals surface area contributed by atoms with E-state index in [1.165, 1.54) is 19.4 Å². The minimum atomic E-state index is -0.445. The van der Waals surface area contributed by atoms with Gasteiger partial charge in [-0.25, -0.2) is 4.98 Å². The number of hydrogen-bond donors (Lipinski definition) is 2. The summed E-state index contributed by atoms with van der Waals surface area (Å²) in [6.45, 7) is 0. The average Bonchev–Trinajstić information content (AvgIpc) is 3.06. The predicted octanol–water partition coefficient (Wildman–Crippen LogP) is 1.64. The van der Waals surface area contributed by atoms with Gasteiger partial charge in [0.05, 0.1) is 7.11 Å². The van der Waals surface area contributed by atoms with E-state index in [4.69, 9.17) is 4.74 Å². The topological polar surface area (TPSA) is 89.0 Å². The van der Waals surface area contributed by atoms with Crippen LogP contribution in [0.3, 0.4) is 0 Å². The summed E-state index contributed by atoms with van der Waals surface area (Å²) in [7, 11) is 3.26. The van der Waals surface area contributed by atoms with Gasteiger partial charge in [-0.15, -0.1) is 0 Å². The standard InChI is InChI=1S/C18H18N4O3/c1-22-9-8-19-17(22)16(12-6-4-3-5-7-12)21-18(24)13-10-14(23)15(25-2)11-20-13/h3-11,16H,1-2H3,(H,20,23)(H,21,24)/t16-/m1/s1. The molecule has 0 saturated carbocycles. The van der Waals surface area contributed by atoms with E-state index in [1.807, 2.05) is 48.1 Å². The van der Waals surface area contributed by atoms with Gasteiger partial charge in [0.2, 0.25) is 5.43 Å². The second kappa shape index (κ2) is 7.04. The summed E-state index contributed by atoms with van der Waals surface area (Å²) >= 11 is 0. The molecule has 2 heterocycles. The molecule has 0 fully saturated rings. The molecular weight excluding hydrogens is 320 g/mol. The van der Waals surface area contributed by atoms with Crippen LogP contribution in [-0.2, 0) is 7.05 Å². The molecular formula is C18H18N4O3. The lowest BCUT2D eigenvalue weighted by atomic mass is 10.1. The third kappa shape index (κ3) is 3.45. The summed E-state index contributed by atoms with van der Waals surface area (Å²) in [4.78, 5) is 31.6. The Labute approximate surface area is 144 Å². The number of benzene rings is 1. The van der Waals surface area contributed by atoms with Crippen molar-refractivity contribution in [1.29, 1.82) is 0 Å². The van der Waals surface area contributed by atoms with Gasteiger partial charge < -0.3 is 19.6 Å². The number of nitrogens with one attached hydrogen (secondary N) is 2. The van der Waals surface area contributed by atoms with E-state index in [1.54, 1.807) is 6.20 Å². The molecule has 2 aromatic heterocycles. The van der Waals surface area contributed by atoms with Crippen molar-refractivity contribution >= 4 is 5.91 Å². The van der Waals surface area contributed by atoms with Crippen LogP contribution in [0.15, 0.2) is 59.8 Å². The number of nitrogens with zero attached hydrogens (tertiary/aromatic N) is 2. The molecule has 7 nitrogen and oxygen atoms in total. The van der Waals surface area contributed by atoms with Gasteiger partial charge >= 0.3 is 0 Å². The van der Waals surface area contributed by atoms with Crippen LogP contribution >= 0.6 is 0 Å². The number of aromatic amines is 1. The van der Waals surface area contributed by atoms with Crippen molar-refractivity contribution in [3.8, 4) is 5.75 Å². The molecule has 1 amide bonds. The zero-order chi connectivity index (χ0) is 17.8. The van der Waals surface area contributed by atoms with Crippen LogP contribution in [0.25, 0.3) is 0 Å². The Morgan fingerprint density at radius 2 is 2.08 bits per heavy atom. The Morgan fingerprint density at radius 1 is 1.32 bits per heavy atom. The van der Waals surface area contributed by atoms with Crippen molar-refractivity contribution in [2.24, 2.45) is 7.05 Å². The maximum atomic E-state index is 12.6. The number of hydrogen-bond acceptors (Lipinski definition) is 4. The van der Waals surface area contributed by atoms with Crippen molar-refractivity contribution in [1.82, 2.24) is 19.9 Å². The summed E-state index contributed by atoms with van der Waals surface area (Å²) in [5.41, 5.74) is 0.682. The molecule has 1 aromatic carbocycles. The lowest BCUT2D eigenvalue weighted by molar-refractivity contribution is 0.0936. The molecule has 3 aromatic rings. The fourth-order valence-corrected chi connectivity index (χ4v) is 2.56. The fourth-order valence-electron chi connectivity index (χ4n) is 2.56. The monoisotopic (exact) mass is 338 g/mol. The first-order chi connectivity index (χ1) is 12.1. The van der Waals surface area contributed by atoms with Gasteiger partial charge in [-0.1, -0.05) is 30.3 Å². The van der Waals surface area contributed by atoms with Gasteiger partial charge in [0.1, 0.15) is 17.6 Å². The summed E-state index contributed by atoms with van der Waals surface area (Å²) in [6.07, 6.45) is 4.86. The number of carbonyl (C=O) groups is 1. The van der Waals surface area contributed by atoms with Gasteiger partial charge in [0.25, 0.3) is 5.91 Å². The van der Waals surface area contributed by atoms with Gasteiger partial charge in [-0.3, -0.25) is 9.59 Å². The van der Waals surface area contributed by atoms with E-state index in [9.17, 15) is 9.59 Å². The molecule has 25 heavy (non-hydrogen) atoms. The summed E-state index contributed by atoms with van der Waals surface area (Å²) in [5, 5.41) is 2.92. The van der Waals surface area contributed by atoms with E-state index in [2.05, 4.69) is 15.3 Å². The number of amides is 1. The summed E-state index contributed by atoms with van der Waals surface area (Å²) in [6, 6.07) is 10.3. The molecule has 0 saturated heterocycles. The van der Waals surface area contributed by atoms with Crippen LogP contribution in [0.1, 0.15) is 27.9 Å². The van der Waals surface area contributed by atoms with E-state index in [0.29, 0.717) is 5.82 Å². The van der Waals surface area contributed by atoms with Crippen molar-refractivity contribution in [3.63, 3.8) is 0 Å². The van der Waals surface area contributed by atoms with Crippen LogP contribution < -0.4 is 15.5 Å². The lowest BCUT2D eigenvalue weighted by Crippen LogP contribution is -2.32. The molecule has 2 N–H and O–H groups in total. The number of methoxy groups -OCH3 is 1. The van der Waals surface area contributed by atoms with E-state index < -0.39 is 11.9 Å². The number of imidazole rings is 1. The van der Waals surface area contributed by atoms with Crippen molar-refractivity contribution in [3.05, 3.63) is 82.3 Å². The Kier molecular flexibility index (Phi) is 4.65. The zero-order valence-electron chi connectivity index (χ0n) is 13.9. The van der Waals surface area contributed by atoms with Gasteiger partial charge in [0.15, 0.2) is 5.75 Å². The third-order valence-corrected chi connectivity index (χ3v) is 3.87. The van der Waals surface area contributed by atoms with E-state index >= 15 is 0 Å². The fraction of sp³-hybridized carbons (Fsp3) is 0.167. The Hall–Kier alpha value is -3.35. The largest absolute Gasteiger partial charge is 0.491 e. The quantitative estimate of drug-likeness (QED) is 0.740. The predicted molar refractivity (Wildman–Crippen MR) is 92.6 cm³/mol. The molecule has 0 aliphatic heterocycles. The number of rotatable bonds is 5. The molecule has 3 rings (SSSR count). The molecule has 128 valence electrons. The average molecular weight is 338 g/mol. The second-order valence-corrected chi connectivity index (χ2v) is 5.49. The summed E-state index contributed by atoms with van der Waals surface area (Å²) in [5.74, 6) is 0.437. The zero-order valence-corrected chi connectivity index (χ0v) is 13.9. The second-order valence-electron chi connectivity index (χ2n) is 5.49. The first kappa shape index (κ1) is 16.5. The van der Waals surface area contributed by atoms with Crippen LogP contribution in [-0.4, -0.2) is 27.6 Å². The van der Waals surface area contributed by atoms with Crippen LogP contribution in [0.4, 0.5) is 0 Å². The Balaban J connectivity index is 1.93. The number of H-pyrrole nitrogens is 1. The highest BCUT2D eigenvalue weighted by atomic mass is 16.5. The third-order valence-electron chi connectivity index (χ3n) is 3.87. The summed E-state index contributed by atoms with van der Waals surface area (Å²) < 4.78 is 6.76. The highest BCUT2D eigenvalue weighted by molar-refractivity contribution is 5.92. The Morgan fingerprint density at radius 3 is 2.68 bits per heavy atom. The van der Waals surface area contributed by atoms with Crippen LogP contribution in [0.2, 0.25) is 0 Å². The first-order valence-corrected chi connectivity index (χ1v) is 7.70. The molecule has 0 aliphatic carbocycles. The smallest absolute Gasteiger partial charge is 0.268 e. The molecule has 0 unspecified atom stereocenters. The highest BCUT2D eigenvalue weighted by Gasteiger charge is 2.22. The molecule has 0 radical (unpaired) electrons. The number of carbonyl (C=O) groups excluding carboxylic acids is 1. The number of aryl methyl sites for hydroxylation is 1. The number of pyridine rings is 1. The minimum absolute atomic E-state index is 0.153. The van der Waals surface area contributed by atoms with Crippen LogP contribution in [0, 0.1) is 0 Å². The minimum Gasteiger partial charge on any atom is -0.491 e. The molecule has 1 atom stereocenters. The molecule has 0 bridgehead atoms. The van der Waals surface area contributed by atoms with Gasteiger partial charge in [0, 0.05) is 31.7 Å². The van der Waals surface area contributed by atoms with Gasteiger partial charge in [-0.05, 0) is 5.56 Å². The van der Waals surface area contributed by atoms with Crippen molar-refractivity contribution in [2.45, 2.75) is 6.04 Å². The normalized spacial score (nSPS) is 11.8. The number of ether oxygens (including phenoxy) is 1. The maximum Gasteiger partial charge on any atom is 0.268 e.